The van der Waals surface area contributed by atoms with E-state index >= 15 is 0 Å². The molecule has 0 bridgehead atoms. The van der Waals surface area contributed by atoms with E-state index in [1.165, 1.54) is 22.5 Å². The Labute approximate surface area is 149 Å². The Morgan fingerprint density at radius 3 is 2.96 bits per heavy atom. The minimum Gasteiger partial charge on any atom is -0.338 e. The molecule has 0 aliphatic heterocycles. The molecule has 24 heavy (non-hydrogen) atoms. The molecule has 0 saturated heterocycles. The number of hydrogen-bond donors (Lipinski definition) is 1. The summed E-state index contributed by atoms with van der Waals surface area (Å²) in [5.41, 5.74) is 3.53. The van der Waals surface area contributed by atoms with Crippen molar-refractivity contribution in [2.75, 3.05) is 5.32 Å². The number of thioether (sulfide) groups is 1. The van der Waals surface area contributed by atoms with Crippen molar-refractivity contribution in [2.24, 2.45) is 0 Å². The van der Waals surface area contributed by atoms with Gasteiger partial charge in [0, 0.05) is 12.1 Å². The third-order valence-corrected chi connectivity index (χ3v) is 5.51. The van der Waals surface area contributed by atoms with Gasteiger partial charge in [-0.1, -0.05) is 47.3 Å². The minimum atomic E-state index is 0.606. The molecule has 3 aromatic rings. The number of nitrogens with zero attached hydrogens (tertiary/aromatic N) is 4. The molecule has 0 aliphatic carbocycles. The van der Waals surface area contributed by atoms with Gasteiger partial charge in [-0.3, -0.25) is 0 Å². The van der Waals surface area contributed by atoms with Crippen molar-refractivity contribution < 1.29 is 4.52 Å². The zero-order chi connectivity index (χ0) is 16.9. The third-order valence-electron chi connectivity index (χ3n) is 3.56. The Hall–Kier alpha value is -1.93. The molecule has 2 heterocycles. The Bertz CT molecular complexity index is 814. The minimum absolute atomic E-state index is 0.606. The molecule has 0 spiro atoms. The van der Waals surface area contributed by atoms with E-state index in [9.17, 15) is 0 Å². The van der Waals surface area contributed by atoms with Gasteiger partial charge in [-0.05, 0) is 37.5 Å². The molecule has 0 aliphatic rings. The quantitative estimate of drug-likeness (QED) is 0.620. The van der Waals surface area contributed by atoms with E-state index in [0.717, 1.165) is 33.8 Å². The highest BCUT2D eigenvalue weighted by Crippen LogP contribution is 2.30. The molecular formula is C16H19N5OS2. The molecule has 0 atom stereocenters. The van der Waals surface area contributed by atoms with Crippen molar-refractivity contribution in [1.82, 2.24) is 20.3 Å². The van der Waals surface area contributed by atoms with Gasteiger partial charge in [-0.25, -0.2) is 0 Å². The number of benzene rings is 1. The first-order chi connectivity index (χ1) is 11.7. The number of rotatable bonds is 7. The van der Waals surface area contributed by atoms with Gasteiger partial charge in [0.2, 0.25) is 11.0 Å². The van der Waals surface area contributed by atoms with Crippen LogP contribution in [-0.4, -0.2) is 20.3 Å². The van der Waals surface area contributed by atoms with Gasteiger partial charge in [0.05, 0.1) is 5.75 Å². The zero-order valence-electron chi connectivity index (χ0n) is 13.9. The Morgan fingerprint density at radius 1 is 1.25 bits per heavy atom. The zero-order valence-corrected chi connectivity index (χ0v) is 15.5. The fourth-order valence-corrected chi connectivity index (χ4v) is 3.72. The molecule has 1 N–H and O–H groups in total. The summed E-state index contributed by atoms with van der Waals surface area (Å²) in [4.78, 5) is 4.35. The summed E-state index contributed by atoms with van der Waals surface area (Å²) >= 11 is 3.07. The van der Waals surface area contributed by atoms with Crippen molar-refractivity contribution in [3.63, 3.8) is 0 Å². The van der Waals surface area contributed by atoms with Crippen LogP contribution in [0.4, 0.5) is 10.8 Å². The van der Waals surface area contributed by atoms with E-state index in [1.807, 2.05) is 12.1 Å². The van der Waals surface area contributed by atoms with Crippen LogP contribution in [0.5, 0.6) is 0 Å². The lowest BCUT2D eigenvalue weighted by Gasteiger charge is -2.08. The fourth-order valence-electron chi connectivity index (χ4n) is 2.12. The Morgan fingerprint density at radius 2 is 2.12 bits per heavy atom. The van der Waals surface area contributed by atoms with E-state index < -0.39 is 0 Å². The molecule has 0 unspecified atom stereocenters. The van der Waals surface area contributed by atoms with Crippen molar-refractivity contribution in [2.45, 2.75) is 43.7 Å². The molecule has 126 valence electrons. The number of anilines is 2. The van der Waals surface area contributed by atoms with Crippen LogP contribution in [-0.2, 0) is 12.2 Å². The lowest BCUT2D eigenvalue weighted by molar-refractivity contribution is 0.384. The second kappa shape index (κ2) is 7.76. The number of aryl methyl sites for hydroxylation is 2. The summed E-state index contributed by atoms with van der Waals surface area (Å²) in [6.45, 7) is 6.29. The third kappa shape index (κ3) is 4.12. The first-order valence-corrected chi connectivity index (χ1v) is 9.57. The van der Waals surface area contributed by atoms with E-state index in [2.05, 4.69) is 52.5 Å². The molecule has 1 aromatic carbocycles. The van der Waals surface area contributed by atoms with Crippen LogP contribution < -0.4 is 5.32 Å². The molecular weight excluding hydrogens is 342 g/mol. The predicted octanol–water partition coefficient (Wildman–Crippen LogP) is 4.53. The summed E-state index contributed by atoms with van der Waals surface area (Å²) < 4.78 is 6.10. The van der Waals surface area contributed by atoms with Gasteiger partial charge < -0.3 is 9.84 Å². The van der Waals surface area contributed by atoms with E-state index in [1.54, 1.807) is 11.8 Å². The highest BCUT2D eigenvalue weighted by atomic mass is 32.2. The van der Waals surface area contributed by atoms with Gasteiger partial charge in [-0.2, -0.15) is 4.98 Å². The van der Waals surface area contributed by atoms with E-state index in [-0.39, 0.29) is 0 Å². The van der Waals surface area contributed by atoms with Crippen molar-refractivity contribution in [3.05, 3.63) is 41.0 Å². The normalized spacial score (nSPS) is 11.0. The van der Waals surface area contributed by atoms with E-state index in [4.69, 9.17) is 4.52 Å². The SMILES string of the molecule is CCCc1noc(CSc2nnc(Nc3cccc(C)c3C)s2)n1. The van der Waals surface area contributed by atoms with Gasteiger partial charge in [0.15, 0.2) is 10.2 Å². The molecule has 2 aromatic heterocycles. The van der Waals surface area contributed by atoms with Crippen LogP contribution in [0, 0.1) is 13.8 Å². The summed E-state index contributed by atoms with van der Waals surface area (Å²) in [5.74, 6) is 2.00. The molecule has 0 radical (unpaired) electrons. The fraction of sp³-hybridized carbons (Fsp3) is 0.375. The first-order valence-electron chi connectivity index (χ1n) is 7.76. The standard InChI is InChI=1S/C16H19N5OS2/c1-4-6-13-18-14(22-21-13)9-23-16-20-19-15(24-16)17-12-8-5-7-10(2)11(12)3/h5,7-8H,4,6,9H2,1-3H3,(H,17,19). The van der Waals surface area contributed by atoms with Gasteiger partial charge in [0.25, 0.3) is 0 Å². The highest BCUT2D eigenvalue weighted by molar-refractivity contribution is 8.00. The second-order valence-corrected chi connectivity index (χ2v) is 7.59. The maximum absolute atomic E-state index is 5.23. The van der Waals surface area contributed by atoms with Crippen molar-refractivity contribution >= 4 is 33.9 Å². The van der Waals surface area contributed by atoms with Gasteiger partial charge in [0.1, 0.15) is 0 Å². The van der Waals surface area contributed by atoms with Crippen LogP contribution in [0.2, 0.25) is 0 Å². The molecule has 8 heteroatoms. The smallest absolute Gasteiger partial charge is 0.237 e. The Kier molecular flexibility index (Phi) is 5.47. The lowest BCUT2D eigenvalue weighted by atomic mass is 10.1. The first kappa shape index (κ1) is 16.9. The van der Waals surface area contributed by atoms with Crippen LogP contribution >= 0.6 is 23.1 Å². The number of aromatic nitrogens is 4. The Balaban J connectivity index is 1.60. The molecule has 6 nitrogen and oxygen atoms in total. The largest absolute Gasteiger partial charge is 0.338 e. The molecule has 3 rings (SSSR count). The second-order valence-electron chi connectivity index (χ2n) is 5.39. The monoisotopic (exact) mass is 361 g/mol. The molecule has 0 amide bonds. The molecule has 0 saturated carbocycles. The lowest BCUT2D eigenvalue weighted by Crippen LogP contribution is -1.94. The topological polar surface area (TPSA) is 76.7 Å². The highest BCUT2D eigenvalue weighted by Gasteiger charge is 2.10. The van der Waals surface area contributed by atoms with Crippen LogP contribution in [0.25, 0.3) is 0 Å². The predicted molar refractivity (Wildman–Crippen MR) is 97.0 cm³/mol. The van der Waals surface area contributed by atoms with Crippen molar-refractivity contribution in [1.29, 1.82) is 0 Å². The summed E-state index contributed by atoms with van der Waals surface area (Å²) in [7, 11) is 0. The number of nitrogens with one attached hydrogen (secondary N) is 1. The molecule has 0 fully saturated rings. The maximum atomic E-state index is 5.23. The average Bonchev–Trinajstić information content (AvgIpc) is 3.20. The van der Waals surface area contributed by atoms with Gasteiger partial charge in [-0.15, -0.1) is 10.2 Å². The van der Waals surface area contributed by atoms with E-state index in [0.29, 0.717) is 11.6 Å². The van der Waals surface area contributed by atoms with Crippen LogP contribution in [0.3, 0.4) is 0 Å². The van der Waals surface area contributed by atoms with Crippen LogP contribution in [0.15, 0.2) is 27.1 Å². The summed E-state index contributed by atoms with van der Waals surface area (Å²) in [6.07, 6.45) is 1.85. The summed E-state index contributed by atoms with van der Waals surface area (Å²) in [6, 6.07) is 6.17. The average molecular weight is 361 g/mol. The summed E-state index contributed by atoms with van der Waals surface area (Å²) in [5, 5.41) is 16.5. The maximum Gasteiger partial charge on any atom is 0.237 e. The van der Waals surface area contributed by atoms with Crippen molar-refractivity contribution in [3.8, 4) is 0 Å². The number of hydrogen-bond acceptors (Lipinski definition) is 8. The van der Waals surface area contributed by atoms with Crippen LogP contribution in [0.1, 0.15) is 36.2 Å². The van der Waals surface area contributed by atoms with Gasteiger partial charge >= 0.3 is 0 Å².